The molecule has 9 N–H and O–H groups in total. The molecule has 23 nitrogen and oxygen atoms in total. The van der Waals surface area contributed by atoms with Crippen molar-refractivity contribution in [2.24, 2.45) is 25.6 Å². The Labute approximate surface area is 428 Å². The monoisotopic (exact) mass is 979 g/mol. The van der Waals surface area contributed by atoms with Crippen molar-refractivity contribution in [1.82, 2.24) is 0 Å². The summed E-state index contributed by atoms with van der Waals surface area (Å²) in [5, 5.41) is 71.1. The van der Waals surface area contributed by atoms with Crippen molar-refractivity contribution in [3.8, 4) is 17.2 Å². The van der Waals surface area contributed by atoms with Gasteiger partial charge in [0.15, 0.2) is 11.4 Å². The number of aliphatic hydroxyl groups is 1. The number of fused-ring (bicyclic) bond motifs is 1. The smallest absolute Gasteiger partial charge is 0.744 e. The third kappa shape index (κ3) is 15.0. The van der Waals surface area contributed by atoms with Crippen LogP contribution in [0.3, 0.4) is 0 Å². The van der Waals surface area contributed by atoms with Gasteiger partial charge in [-0.25, -0.2) is 30.4 Å². The molecule has 0 aliphatic heterocycles. The number of sulfonamides is 1. The number of carbonyl (C=O) groups excluding carboxylic acids is 1. The van der Waals surface area contributed by atoms with Crippen LogP contribution in [0.1, 0.15) is 6.92 Å². The quantitative estimate of drug-likeness (QED) is 0.0101. The first-order valence-electron chi connectivity index (χ1n) is 15.3. The normalized spacial score (nSPS) is 11.7. The standard InChI is InChI=1S/C16H12N4O10S2.C16H16N4O5S.Cr.3Na/c17-9-2-4-12(31(25,26)27)8-6-13(32(28,29)30)15(16(22)14(8)9)19-18-10-3-1-7(20(23)24)5-11(10)21;1-10(21)15(16(23)18-11-5-3-2-4-6-11)20-19-13-9-12(26(17,24)25)7-8-14(13)22;;;;/h1-6,21-22H,17H2,(H,25,26,27)(H,28,29,30);2-9,21-22H,1H3,(H,18,23)(H2,17,24,25);;;;/q;;;3*+1/p-2. The van der Waals surface area contributed by atoms with Gasteiger partial charge < -0.3 is 40.6 Å². The molecule has 0 spiro atoms. The number of aliphatic hydroxyl groups excluding tert-OH is 1. The number of allylic oxidation sites excluding steroid dienone is 1. The number of hydrogen-bond acceptors (Lipinski definition) is 20. The average molecular weight is 980 g/mol. The van der Waals surface area contributed by atoms with Crippen molar-refractivity contribution < 1.29 is 171 Å². The number of rotatable bonds is 10. The van der Waals surface area contributed by atoms with Crippen LogP contribution in [0.15, 0.2) is 132 Å². The number of nitrogens with zero attached hydrogens (tertiary/aromatic N) is 5. The maximum absolute atomic E-state index is 12.2. The van der Waals surface area contributed by atoms with Gasteiger partial charge in [0.1, 0.15) is 54.6 Å². The number of para-hydroxylation sites is 1. The van der Waals surface area contributed by atoms with Crippen molar-refractivity contribution in [1.29, 1.82) is 0 Å². The molecule has 5 rings (SSSR count). The molecule has 30 heteroatoms. The van der Waals surface area contributed by atoms with Crippen LogP contribution in [-0.4, -0.2) is 65.6 Å². The van der Waals surface area contributed by atoms with Gasteiger partial charge in [0.25, 0.3) is 11.6 Å². The van der Waals surface area contributed by atoms with E-state index in [0.717, 1.165) is 48.5 Å². The molecule has 0 aliphatic rings. The molecule has 0 atom stereocenters. The molecule has 0 radical (unpaired) electrons. The van der Waals surface area contributed by atoms with Crippen LogP contribution in [0.2, 0.25) is 0 Å². The zero-order valence-electron chi connectivity index (χ0n) is 32.4. The largest absolute Gasteiger partial charge is 1.00 e. The Morgan fingerprint density at radius 1 is 0.758 bits per heavy atom. The molecule has 5 aromatic rings. The number of nitro groups is 1. The first-order valence-corrected chi connectivity index (χ1v) is 19.7. The molecule has 0 saturated carbocycles. The minimum Gasteiger partial charge on any atom is -0.744 e. The predicted molar refractivity (Wildman–Crippen MR) is 199 cm³/mol. The molecule has 310 valence electrons. The number of aromatic hydroxyl groups is 3. The Morgan fingerprint density at radius 3 is 1.87 bits per heavy atom. The van der Waals surface area contributed by atoms with E-state index in [1.54, 1.807) is 30.3 Å². The van der Waals surface area contributed by atoms with E-state index in [1.165, 1.54) is 6.92 Å². The minimum absolute atomic E-state index is 0. The summed E-state index contributed by atoms with van der Waals surface area (Å²) in [5.74, 6) is -3.33. The van der Waals surface area contributed by atoms with Gasteiger partial charge in [0, 0.05) is 40.2 Å². The van der Waals surface area contributed by atoms with Crippen LogP contribution in [0.25, 0.3) is 10.8 Å². The molecule has 0 aliphatic carbocycles. The molecule has 0 fully saturated rings. The second-order valence-electron chi connectivity index (χ2n) is 11.3. The molecule has 0 heterocycles. The topological polar surface area (TPSA) is 403 Å². The number of carbonyl (C=O) groups is 1. The summed E-state index contributed by atoms with van der Waals surface area (Å²) in [4.78, 5) is 19.7. The fourth-order valence-electron chi connectivity index (χ4n) is 4.64. The van der Waals surface area contributed by atoms with E-state index in [9.17, 15) is 69.7 Å². The van der Waals surface area contributed by atoms with Crippen LogP contribution in [-0.2, 0) is 52.4 Å². The zero-order valence-corrected chi connectivity index (χ0v) is 42.1. The van der Waals surface area contributed by atoms with E-state index in [2.05, 4.69) is 25.8 Å². The number of primary sulfonamides is 1. The third-order valence-electron chi connectivity index (χ3n) is 7.30. The van der Waals surface area contributed by atoms with Crippen LogP contribution >= 0.6 is 0 Å². The van der Waals surface area contributed by atoms with E-state index in [4.69, 9.17) is 10.9 Å². The molecular formula is C32H26CrN8Na3O15S3+. The predicted octanol–water partition coefficient (Wildman–Crippen LogP) is -4.47. The van der Waals surface area contributed by atoms with Gasteiger partial charge in [0.05, 0.1) is 31.1 Å². The molecule has 0 unspecified atom stereocenters. The summed E-state index contributed by atoms with van der Waals surface area (Å²) in [6, 6.07) is 16.5. The van der Waals surface area contributed by atoms with Gasteiger partial charge in [-0.2, -0.15) is 0 Å². The van der Waals surface area contributed by atoms with Crippen molar-refractivity contribution in [2.75, 3.05) is 11.1 Å². The number of benzene rings is 5. The number of anilines is 2. The average Bonchev–Trinajstić information content (AvgIpc) is 3.11. The van der Waals surface area contributed by atoms with Crippen molar-refractivity contribution in [2.45, 2.75) is 21.6 Å². The summed E-state index contributed by atoms with van der Waals surface area (Å²) in [7, 11) is -14.6. The number of nitro benzene ring substituents is 1. The second-order valence-corrected chi connectivity index (χ2v) is 15.6. The number of phenols is 3. The number of amides is 1. The number of nitrogens with one attached hydrogen (secondary N) is 1. The summed E-state index contributed by atoms with van der Waals surface area (Å²) < 4.78 is 92.5. The maximum atomic E-state index is 12.2. The Bertz CT molecular complexity index is 2930. The first kappa shape index (κ1) is 58.4. The number of phenolic OH excluding ortho intramolecular Hbond substituents is 3. The number of nitrogen functional groups attached to an aromatic ring is 1. The van der Waals surface area contributed by atoms with E-state index in [0.29, 0.717) is 11.8 Å². The fourth-order valence-corrected chi connectivity index (χ4v) is 6.47. The SMILES string of the molecule is CC(O)=C(N=Nc1cc(S(N)(=O)=O)ccc1O)C(=O)Nc1ccccc1.Nc1ccc(S(=O)(=O)[O-])c2cc(S(=O)(=O)[O-])c(N=Nc3ccc([N+](=O)[O-])cc3O)c(O)c12.[Cr].[Na+].[Na+].[Na+]. The van der Waals surface area contributed by atoms with Crippen molar-refractivity contribution >= 4 is 81.1 Å². The van der Waals surface area contributed by atoms with Gasteiger partial charge in [-0.3, -0.25) is 14.9 Å². The van der Waals surface area contributed by atoms with Crippen molar-refractivity contribution in [3.05, 3.63) is 106 Å². The number of nitrogens with two attached hydrogens (primary N) is 2. The number of azo groups is 2. The van der Waals surface area contributed by atoms with Crippen LogP contribution in [0.5, 0.6) is 17.2 Å². The summed E-state index contributed by atoms with van der Waals surface area (Å²) in [6.45, 7) is 1.24. The minimum atomic E-state index is -5.41. The zero-order chi connectivity index (χ0) is 43.3. The molecular weight excluding hydrogens is 954 g/mol. The second kappa shape index (κ2) is 23.9. The number of non-ortho nitro benzene ring substituents is 1. The van der Waals surface area contributed by atoms with Gasteiger partial charge >= 0.3 is 88.7 Å². The Kier molecular flexibility index (Phi) is 22.5. The molecule has 62 heavy (non-hydrogen) atoms. The van der Waals surface area contributed by atoms with Gasteiger partial charge in [-0.1, -0.05) is 18.2 Å². The number of hydrogen-bond donors (Lipinski definition) is 7. The van der Waals surface area contributed by atoms with E-state index >= 15 is 0 Å². The molecule has 1 amide bonds. The van der Waals surface area contributed by atoms with Gasteiger partial charge in [-0.05, 0) is 61.5 Å². The van der Waals surface area contributed by atoms with Crippen LogP contribution < -0.4 is 105 Å². The molecule has 0 bridgehead atoms. The summed E-state index contributed by atoms with van der Waals surface area (Å²) in [6.07, 6.45) is 0. The first-order chi connectivity index (χ1) is 26.9. The fraction of sp³-hybridized carbons (Fsp3) is 0.0312. The summed E-state index contributed by atoms with van der Waals surface area (Å²) in [5.41, 5.74) is 3.42. The maximum Gasteiger partial charge on any atom is 1.00 e. The van der Waals surface area contributed by atoms with Gasteiger partial charge in [-0.15, -0.1) is 20.5 Å². The Morgan fingerprint density at radius 2 is 1.35 bits per heavy atom. The Balaban J connectivity index is 0.00000115. The van der Waals surface area contributed by atoms with E-state index < -0.39 is 102 Å². The van der Waals surface area contributed by atoms with Crippen LogP contribution in [0.4, 0.5) is 34.1 Å². The molecule has 0 aromatic heterocycles. The van der Waals surface area contributed by atoms with Gasteiger partial charge in [0.2, 0.25) is 10.0 Å². The van der Waals surface area contributed by atoms with Crippen LogP contribution in [0, 0.1) is 10.1 Å². The summed E-state index contributed by atoms with van der Waals surface area (Å²) >= 11 is 0. The van der Waals surface area contributed by atoms with E-state index in [1.807, 2.05) is 0 Å². The Hall–Kier alpha value is -3.57. The third-order valence-corrected chi connectivity index (χ3v) is 9.95. The molecule has 0 saturated heterocycles. The van der Waals surface area contributed by atoms with Crippen molar-refractivity contribution in [3.63, 3.8) is 0 Å². The molecule has 5 aromatic carbocycles. The van der Waals surface area contributed by atoms with E-state index in [-0.39, 0.29) is 128 Å².